The first-order chi connectivity index (χ1) is 28.5. The smallest absolute Gasteiger partial charge is 0.271 e. The second kappa shape index (κ2) is 18.8. The number of aromatic nitrogens is 10. The van der Waals surface area contributed by atoms with Crippen molar-refractivity contribution in [3.8, 4) is 23.3 Å². The summed E-state index contributed by atoms with van der Waals surface area (Å²) < 4.78 is 25.5. The highest BCUT2D eigenvalue weighted by Crippen LogP contribution is 2.48. The second-order valence-electron chi connectivity index (χ2n) is 14.5. The average Bonchev–Trinajstić information content (AvgIpc) is 4.12. The summed E-state index contributed by atoms with van der Waals surface area (Å²) in [6.45, 7) is 4.92. The van der Waals surface area contributed by atoms with Crippen LogP contribution >= 0.6 is 38.6 Å². The SMILES string of the molecule is COc1ccc([C@H]2C[C@@H]2COc2cc(CCc3nnc(C)s3)c(=O)n(C)n2)nc1.COc1ccc([C@H]2C[C@@H]2COc2nn(C)c(=O)c(CCc3nnc(C)s3)c2Br)nc1. The summed E-state index contributed by atoms with van der Waals surface area (Å²) in [5, 5.41) is 28.5. The van der Waals surface area contributed by atoms with Gasteiger partial charge < -0.3 is 18.9 Å². The number of hydrogen-bond donors (Lipinski definition) is 0. The van der Waals surface area contributed by atoms with E-state index in [0.29, 0.717) is 89.9 Å². The normalized spacial score (nSPS) is 17.8. The van der Waals surface area contributed by atoms with Crippen LogP contribution in [-0.2, 0) is 39.8 Å². The van der Waals surface area contributed by atoms with E-state index in [1.807, 2.05) is 38.1 Å². The van der Waals surface area contributed by atoms with Crippen molar-refractivity contribution in [2.24, 2.45) is 25.9 Å². The molecule has 19 heteroatoms. The molecule has 2 aliphatic carbocycles. The van der Waals surface area contributed by atoms with Crippen molar-refractivity contribution in [1.82, 2.24) is 49.9 Å². The summed E-state index contributed by atoms with van der Waals surface area (Å²) in [6.07, 6.45) is 7.99. The van der Waals surface area contributed by atoms with Gasteiger partial charge in [0.2, 0.25) is 11.8 Å². The number of rotatable bonds is 16. The Labute approximate surface area is 357 Å². The molecule has 0 saturated heterocycles. The molecule has 6 aromatic heterocycles. The highest BCUT2D eigenvalue weighted by Gasteiger charge is 2.41. The molecule has 0 bridgehead atoms. The van der Waals surface area contributed by atoms with Gasteiger partial charge in [-0.1, -0.05) is 0 Å². The molecule has 0 aromatic carbocycles. The molecule has 8 rings (SSSR count). The molecule has 59 heavy (non-hydrogen) atoms. The van der Waals surface area contributed by atoms with Crippen molar-refractivity contribution in [1.29, 1.82) is 0 Å². The van der Waals surface area contributed by atoms with Crippen molar-refractivity contribution in [2.45, 2.75) is 64.2 Å². The first-order valence-electron chi connectivity index (χ1n) is 19.2. The predicted octanol–water partition coefficient (Wildman–Crippen LogP) is 5.39. The summed E-state index contributed by atoms with van der Waals surface area (Å²) in [5.41, 5.74) is 3.17. The third kappa shape index (κ3) is 10.7. The van der Waals surface area contributed by atoms with E-state index in [-0.39, 0.29) is 11.1 Å². The van der Waals surface area contributed by atoms with Crippen LogP contribution in [-0.4, -0.2) is 77.4 Å². The topological polar surface area (TPSA) is 184 Å². The minimum atomic E-state index is -0.137. The zero-order chi connectivity index (χ0) is 41.6. The highest BCUT2D eigenvalue weighted by atomic mass is 79.9. The van der Waals surface area contributed by atoms with Gasteiger partial charge in [-0.25, -0.2) is 9.36 Å². The highest BCUT2D eigenvalue weighted by molar-refractivity contribution is 9.10. The fourth-order valence-corrected chi connectivity index (χ4v) is 8.60. The quantitative estimate of drug-likeness (QED) is 0.121. The molecule has 0 radical (unpaired) electrons. The number of halogens is 1. The standard InChI is InChI=1S/C20H22BrN5O3S.C20H23N5O3S/c1-11-23-24-17(30-11)7-5-14-18(21)19(25-26(2)20(14)27)29-10-12-8-15(12)16-6-4-13(28-3)9-22-16;1-12-22-23-19(29-12)7-4-13-9-18(24-25(2)20(13)26)28-11-14-8-16(14)17-6-5-15(27-3)10-21-17/h4,6,9,12,15H,5,7-8,10H2,1-3H3;5-6,9-10,14,16H,4,7-8,11H2,1-3H3/t12-,15+;14-,16+/m11/s1. The third-order valence-corrected chi connectivity index (χ3v) is 12.8. The molecule has 0 amide bonds. The lowest BCUT2D eigenvalue weighted by Gasteiger charge is -2.12. The lowest BCUT2D eigenvalue weighted by molar-refractivity contribution is 0.275. The predicted molar refractivity (Wildman–Crippen MR) is 225 cm³/mol. The van der Waals surface area contributed by atoms with Gasteiger partial charge >= 0.3 is 0 Å². The van der Waals surface area contributed by atoms with E-state index in [9.17, 15) is 9.59 Å². The number of hydrogen-bond acceptors (Lipinski definition) is 16. The van der Waals surface area contributed by atoms with Gasteiger partial charge in [0.05, 0.1) is 44.3 Å². The molecule has 2 saturated carbocycles. The Hall–Kier alpha value is -5.14. The fraction of sp³-hybridized carbons (Fsp3) is 0.450. The van der Waals surface area contributed by atoms with Gasteiger partial charge in [0.1, 0.15) is 31.5 Å². The Morgan fingerprint density at radius 3 is 1.76 bits per heavy atom. The van der Waals surface area contributed by atoms with Crippen molar-refractivity contribution in [3.63, 3.8) is 0 Å². The molecule has 2 aliphatic rings. The molecule has 4 atom stereocenters. The summed E-state index contributed by atoms with van der Waals surface area (Å²) in [5.74, 6) is 3.98. The van der Waals surface area contributed by atoms with Crippen LogP contribution in [0.3, 0.4) is 0 Å². The fourth-order valence-electron chi connectivity index (χ4n) is 6.62. The molecule has 0 spiro atoms. The van der Waals surface area contributed by atoms with Crippen molar-refractivity contribution in [2.75, 3.05) is 27.4 Å². The third-order valence-electron chi connectivity index (χ3n) is 10.2. The Morgan fingerprint density at radius 1 is 0.712 bits per heavy atom. The first kappa shape index (κ1) is 42.0. The van der Waals surface area contributed by atoms with Gasteiger partial charge in [-0.15, -0.1) is 53.3 Å². The van der Waals surface area contributed by atoms with Crippen molar-refractivity contribution >= 4 is 38.6 Å². The molecular weight excluding hydrogens is 861 g/mol. The van der Waals surface area contributed by atoms with Gasteiger partial charge in [-0.05, 0) is 79.7 Å². The molecule has 16 nitrogen and oxygen atoms in total. The molecule has 0 unspecified atom stereocenters. The van der Waals surface area contributed by atoms with E-state index in [2.05, 4.69) is 56.5 Å². The van der Waals surface area contributed by atoms with E-state index in [1.54, 1.807) is 69.4 Å². The Balaban J connectivity index is 0.000000179. The second-order valence-corrected chi connectivity index (χ2v) is 17.8. The van der Waals surface area contributed by atoms with E-state index in [1.165, 1.54) is 9.36 Å². The summed E-state index contributed by atoms with van der Waals surface area (Å²) in [7, 11) is 6.55. The Bertz CT molecular complexity index is 2490. The van der Waals surface area contributed by atoms with Gasteiger partial charge in [-0.3, -0.25) is 19.6 Å². The average molecular weight is 906 g/mol. The molecule has 6 aromatic rings. The number of aryl methyl sites for hydroxylation is 7. The summed E-state index contributed by atoms with van der Waals surface area (Å²) in [4.78, 5) is 33.9. The van der Waals surface area contributed by atoms with Crippen LogP contribution in [0.15, 0.2) is 56.8 Å². The van der Waals surface area contributed by atoms with E-state index >= 15 is 0 Å². The van der Waals surface area contributed by atoms with E-state index < -0.39 is 0 Å². The van der Waals surface area contributed by atoms with Crippen LogP contribution in [0.5, 0.6) is 23.3 Å². The monoisotopic (exact) mass is 904 g/mol. The van der Waals surface area contributed by atoms with E-state index in [0.717, 1.165) is 55.8 Å². The largest absolute Gasteiger partial charge is 0.495 e. The molecule has 2 fully saturated rings. The van der Waals surface area contributed by atoms with Gasteiger partial charge in [-0.2, -0.15) is 0 Å². The van der Waals surface area contributed by atoms with Gasteiger partial charge in [0, 0.05) is 79.2 Å². The lowest BCUT2D eigenvalue weighted by Crippen LogP contribution is -2.25. The van der Waals surface area contributed by atoms with Crippen LogP contribution in [0, 0.1) is 25.7 Å². The minimum absolute atomic E-state index is 0.106. The molecule has 310 valence electrons. The maximum atomic E-state index is 12.6. The molecule has 0 N–H and O–H groups in total. The zero-order valence-electron chi connectivity index (χ0n) is 33.6. The number of methoxy groups -OCH3 is 2. The number of pyridine rings is 2. The summed E-state index contributed by atoms with van der Waals surface area (Å²) in [6, 6.07) is 9.60. The maximum absolute atomic E-state index is 12.6. The zero-order valence-corrected chi connectivity index (χ0v) is 36.8. The maximum Gasteiger partial charge on any atom is 0.271 e. The van der Waals surface area contributed by atoms with Crippen LogP contribution in [0.25, 0.3) is 0 Å². The first-order valence-corrected chi connectivity index (χ1v) is 21.6. The van der Waals surface area contributed by atoms with Crippen LogP contribution in [0.2, 0.25) is 0 Å². The van der Waals surface area contributed by atoms with Crippen LogP contribution < -0.4 is 30.1 Å². The number of nitrogens with zero attached hydrogens (tertiary/aromatic N) is 10. The van der Waals surface area contributed by atoms with Crippen molar-refractivity contribution < 1.29 is 18.9 Å². The summed E-state index contributed by atoms with van der Waals surface area (Å²) >= 11 is 6.63. The Kier molecular flexibility index (Phi) is 13.4. The number of ether oxygens (including phenoxy) is 4. The van der Waals surface area contributed by atoms with Gasteiger partial charge in [0.15, 0.2) is 0 Å². The lowest BCUT2D eigenvalue weighted by atomic mass is 10.2. The minimum Gasteiger partial charge on any atom is -0.495 e. The molecular formula is C40H45BrN10O6S2. The van der Waals surface area contributed by atoms with Crippen LogP contribution in [0.4, 0.5) is 0 Å². The van der Waals surface area contributed by atoms with Gasteiger partial charge in [0.25, 0.3) is 11.1 Å². The Morgan fingerprint density at radius 2 is 1.25 bits per heavy atom. The van der Waals surface area contributed by atoms with E-state index in [4.69, 9.17) is 18.9 Å². The van der Waals surface area contributed by atoms with Crippen LogP contribution in [0.1, 0.15) is 67.2 Å². The molecule has 6 heterocycles. The molecule has 0 aliphatic heterocycles. The van der Waals surface area contributed by atoms with Crippen molar-refractivity contribution in [3.05, 3.63) is 110 Å².